The lowest BCUT2D eigenvalue weighted by atomic mass is 10.2. The Bertz CT molecular complexity index is 302. The maximum Gasteiger partial charge on any atom is 0.0892 e. The average molecular weight is 222 g/mol. The highest BCUT2D eigenvalue weighted by molar-refractivity contribution is 5.42. The van der Waals surface area contributed by atoms with Crippen LogP contribution in [0.4, 0.5) is 5.69 Å². The summed E-state index contributed by atoms with van der Waals surface area (Å²) in [4.78, 5) is 4.29. The molecule has 0 bridgehead atoms. The van der Waals surface area contributed by atoms with Gasteiger partial charge in [-0.25, -0.2) is 0 Å². The Labute approximate surface area is 98.2 Å². The van der Waals surface area contributed by atoms with Crippen LogP contribution in [0.2, 0.25) is 0 Å². The van der Waals surface area contributed by atoms with Crippen LogP contribution in [0.5, 0.6) is 0 Å². The van der Waals surface area contributed by atoms with E-state index in [0.29, 0.717) is 12.7 Å². The summed E-state index contributed by atoms with van der Waals surface area (Å²) in [5.74, 6) is 0. The molecule has 16 heavy (non-hydrogen) atoms. The lowest BCUT2D eigenvalue weighted by Crippen LogP contribution is -2.08. The predicted octanol–water partition coefficient (Wildman–Crippen LogP) is 3.22. The van der Waals surface area contributed by atoms with Gasteiger partial charge in [-0.3, -0.25) is 4.98 Å². The predicted molar refractivity (Wildman–Crippen MR) is 67.6 cm³/mol. The van der Waals surface area contributed by atoms with Gasteiger partial charge in [0, 0.05) is 18.4 Å². The molecule has 90 valence electrons. The molecule has 1 aromatic rings. The van der Waals surface area contributed by atoms with Crippen molar-refractivity contribution in [2.75, 3.05) is 11.9 Å². The van der Waals surface area contributed by atoms with Crippen LogP contribution < -0.4 is 5.32 Å². The van der Waals surface area contributed by atoms with Crippen LogP contribution in [-0.4, -0.2) is 17.6 Å². The Morgan fingerprint density at radius 3 is 2.94 bits per heavy atom. The summed E-state index contributed by atoms with van der Waals surface area (Å²) in [7, 11) is 0. The molecule has 0 saturated heterocycles. The van der Waals surface area contributed by atoms with Gasteiger partial charge in [-0.1, -0.05) is 13.3 Å². The summed E-state index contributed by atoms with van der Waals surface area (Å²) in [6.45, 7) is 7.89. The second-order valence-corrected chi connectivity index (χ2v) is 3.98. The maximum atomic E-state index is 5.71. The van der Waals surface area contributed by atoms with E-state index in [-0.39, 0.29) is 0 Å². The number of hydrogen-bond donors (Lipinski definition) is 1. The van der Waals surface area contributed by atoms with Gasteiger partial charge in [0.1, 0.15) is 0 Å². The van der Waals surface area contributed by atoms with Crippen LogP contribution in [0.15, 0.2) is 18.3 Å². The van der Waals surface area contributed by atoms with E-state index < -0.39 is 0 Å². The Morgan fingerprint density at radius 2 is 2.25 bits per heavy atom. The number of rotatable bonds is 7. The van der Waals surface area contributed by atoms with Crippen LogP contribution in [0.1, 0.15) is 39.3 Å². The molecule has 0 radical (unpaired) electrons. The van der Waals surface area contributed by atoms with Gasteiger partial charge in [-0.05, 0) is 32.4 Å². The highest BCUT2D eigenvalue weighted by Gasteiger charge is 2.02. The zero-order chi connectivity index (χ0) is 11.8. The first-order valence-corrected chi connectivity index (χ1v) is 6.06. The third-order valence-electron chi connectivity index (χ3n) is 2.41. The van der Waals surface area contributed by atoms with Crippen molar-refractivity contribution in [1.82, 2.24) is 4.98 Å². The van der Waals surface area contributed by atoms with Gasteiger partial charge in [-0.2, -0.15) is 0 Å². The van der Waals surface area contributed by atoms with E-state index in [1.165, 1.54) is 0 Å². The number of hydrogen-bond acceptors (Lipinski definition) is 3. The fraction of sp³-hybridized carbons (Fsp3) is 0.615. The minimum atomic E-state index is 0.314. The highest BCUT2D eigenvalue weighted by atomic mass is 16.5. The van der Waals surface area contributed by atoms with Gasteiger partial charge >= 0.3 is 0 Å². The third-order valence-corrected chi connectivity index (χ3v) is 2.41. The number of pyridine rings is 1. The smallest absolute Gasteiger partial charge is 0.0892 e. The zero-order valence-corrected chi connectivity index (χ0v) is 10.5. The summed E-state index contributed by atoms with van der Waals surface area (Å²) >= 11 is 0. The Hall–Kier alpha value is -1.09. The molecule has 0 spiro atoms. The quantitative estimate of drug-likeness (QED) is 0.769. The number of nitrogens with zero attached hydrogens (tertiary/aromatic N) is 1. The van der Waals surface area contributed by atoms with Gasteiger partial charge < -0.3 is 10.1 Å². The van der Waals surface area contributed by atoms with E-state index >= 15 is 0 Å². The van der Waals surface area contributed by atoms with Gasteiger partial charge in [0.2, 0.25) is 0 Å². The molecule has 1 aromatic heterocycles. The standard InChI is InChI=1S/C13H22N2O/c1-4-6-11(3)16-10-13-9-12(14-5-2)7-8-15-13/h7-9,11H,4-6,10H2,1-3H3,(H,14,15). The topological polar surface area (TPSA) is 34.1 Å². The van der Waals surface area contributed by atoms with Crippen LogP contribution in [-0.2, 0) is 11.3 Å². The minimum absolute atomic E-state index is 0.314. The van der Waals surface area contributed by atoms with E-state index in [4.69, 9.17) is 4.74 Å². The fourth-order valence-corrected chi connectivity index (χ4v) is 1.59. The molecule has 0 fully saturated rings. The molecule has 3 heteroatoms. The lowest BCUT2D eigenvalue weighted by molar-refractivity contribution is 0.0453. The van der Waals surface area contributed by atoms with E-state index in [1.807, 2.05) is 18.3 Å². The summed E-state index contributed by atoms with van der Waals surface area (Å²) < 4.78 is 5.71. The third kappa shape index (κ3) is 4.62. The van der Waals surface area contributed by atoms with Crippen molar-refractivity contribution >= 4 is 5.69 Å². The number of nitrogens with one attached hydrogen (secondary N) is 1. The average Bonchev–Trinajstić information content (AvgIpc) is 2.28. The normalized spacial score (nSPS) is 12.4. The van der Waals surface area contributed by atoms with Crippen molar-refractivity contribution in [3.05, 3.63) is 24.0 Å². The van der Waals surface area contributed by atoms with Crippen LogP contribution >= 0.6 is 0 Å². The summed E-state index contributed by atoms with van der Waals surface area (Å²) in [6, 6.07) is 4.02. The molecule has 0 saturated carbocycles. The van der Waals surface area contributed by atoms with E-state index in [9.17, 15) is 0 Å². The van der Waals surface area contributed by atoms with E-state index in [0.717, 1.165) is 30.8 Å². The molecule has 3 nitrogen and oxygen atoms in total. The second kappa shape index (κ2) is 7.23. The molecule has 0 aliphatic heterocycles. The lowest BCUT2D eigenvalue weighted by Gasteiger charge is -2.12. The van der Waals surface area contributed by atoms with E-state index in [1.54, 1.807) is 0 Å². The van der Waals surface area contributed by atoms with Crippen LogP contribution in [0.25, 0.3) is 0 Å². The maximum absolute atomic E-state index is 5.71. The van der Waals surface area contributed by atoms with Crippen LogP contribution in [0, 0.1) is 0 Å². The van der Waals surface area contributed by atoms with Crippen LogP contribution in [0.3, 0.4) is 0 Å². The Balaban J connectivity index is 2.44. The van der Waals surface area contributed by atoms with Gasteiger partial charge in [-0.15, -0.1) is 0 Å². The highest BCUT2D eigenvalue weighted by Crippen LogP contribution is 2.10. The Kier molecular flexibility index (Phi) is 5.86. The van der Waals surface area contributed by atoms with Crippen molar-refractivity contribution in [2.45, 2.75) is 46.3 Å². The molecule has 0 aliphatic rings. The first kappa shape index (κ1) is 13.0. The fourth-order valence-electron chi connectivity index (χ4n) is 1.59. The molecule has 1 unspecified atom stereocenters. The first-order chi connectivity index (χ1) is 7.76. The molecular weight excluding hydrogens is 200 g/mol. The molecule has 1 heterocycles. The van der Waals surface area contributed by atoms with Crippen molar-refractivity contribution < 1.29 is 4.74 Å². The van der Waals surface area contributed by atoms with Gasteiger partial charge in [0.15, 0.2) is 0 Å². The number of anilines is 1. The van der Waals surface area contributed by atoms with Crippen molar-refractivity contribution in [3.63, 3.8) is 0 Å². The molecule has 1 atom stereocenters. The summed E-state index contributed by atoms with van der Waals surface area (Å²) in [5.41, 5.74) is 2.10. The van der Waals surface area contributed by atoms with Crippen molar-refractivity contribution in [1.29, 1.82) is 0 Å². The SMILES string of the molecule is CCCC(C)OCc1cc(NCC)ccn1. The molecule has 1 rings (SSSR count). The Morgan fingerprint density at radius 1 is 1.44 bits per heavy atom. The molecule has 0 aromatic carbocycles. The van der Waals surface area contributed by atoms with E-state index in [2.05, 4.69) is 31.1 Å². The van der Waals surface area contributed by atoms with Gasteiger partial charge in [0.05, 0.1) is 18.4 Å². The summed E-state index contributed by atoms with van der Waals surface area (Å²) in [5, 5.41) is 3.27. The van der Waals surface area contributed by atoms with Crippen molar-refractivity contribution in [3.8, 4) is 0 Å². The molecule has 0 amide bonds. The molecule has 1 N–H and O–H groups in total. The largest absolute Gasteiger partial charge is 0.385 e. The van der Waals surface area contributed by atoms with Crippen molar-refractivity contribution in [2.24, 2.45) is 0 Å². The number of aromatic nitrogens is 1. The zero-order valence-electron chi connectivity index (χ0n) is 10.5. The monoisotopic (exact) mass is 222 g/mol. The second-order valence-electron chi connectivity index (χ2n) is 3.98. The van der Waals surface area contributed by atoms with Gasteiger partial charge in [0.25, 0.3) is 0 Å². The molecular formula is C13H22N2O. The summed E-state index contributed by atoms with van der Waals surface area (Å²) in [6.07, 6.45) is 4.40. The molecule has 0 aliphatic carbocycles. The first-order valence-electron chi connectivity index (χ1n) is 6.06. The minimum Gasteiger partial charge on any atom is -0.385 e. The number of ether oxygens (including phenoxy) is 1.